The summed E-state index contributed by atoms with van der Waals surface area (Å²) in [7, 11) is 1.86. The van der Waals surface area contributed by atoms with E-state index in [0.717, 1.165) is 18.7 Å². The molecule has 1 aliphatic rings. The van der Waals surface area contributed by atoms with Gasteiger partial charge < -0.3 is 10.2 Å². The first-order valence-corrected chi connectivity index (χ1v) is 6.03. The van der Waals surface area contributed by atoms with Crippen LogP contribution in [0.2, 0.25) is 0 Å². The van der Waals surface area contributed by atoms with E-state index in [9.17, 15) is 4.79 Å². The second kappa shape index (κ2) is 5.27. The summed E-state index contributed by atoms with van der Waals surface area (Å²) in [6.07, 6.45) is 3.55. The monoisotopic (exact) mass is 233 g/mol. The molecule has 1 aromatic heterocycles. The van der Waals surface area contributed by atoms with E-state index in [1.165, 1.54) is 0 Å². The molecule has 0 spiro atoms. The molecule has 0 bridgehead atoms. The summed E-state index contributed by atoms with van der Waals surface area (Å²) in [6, 6.07) is 3.89. The van der Waals surface area contributed by atoms with Gasteiger partial charge in [0, 0.05) is 32.5 Å². The third kappa shape index (κ3) is 2.82. The van der Waals surface area contributed by atoms with E-state index in [0.29, 0.717) is 12.5 Å². The number of nitrogens with one attached hydrogen (secondary N) is 1. The lowest BCUT2D eigenvalue weighted by molar-refractivity contribution is -0.135. The van der Waals surface area contributed by atoms with Crippen LogP contribution < -0.4 is 5.32 Å². The molecule has 1 amide bonds. The summed E-state index contributed by atoms with van der Waals surface area (Å²) < 4.78 is 0. The minimum Gasteiger partial charge on any atom is -0.341 e. The Balaban J connectivity index is 1.96. The average molecular weight is 233 g/mol. The molecule has 2 atom stereocenters. The first-order valence-electron chi connectivity index (χ1n) is 6.03. The zero-order valence-electron chi connectivity index (χ0n) is 10.4. The maximum atomic E-state index is 12.2. The van der Waals surface area contributed by atoms with Crippen LogP contribution in [0.25, 0.3) is 0 Å². The van der Waals surface area contributed by atoms with Crippen molar-refractivity contribution in [3.63, 3.8) is 0 Å². The summed E-state index contributed by atoms with van der Waals surface area (Å²) >= 11 is 0. The van der Waals surface area contributed by atoms with Crippen molar-refractivity contribution < 1.29 is 4.79 Å². The summed E-state index contributed by atoms with van der Waals surface area (Å²) in [5.74, 6) is 0.780. The molecule has 4 heteroatoms. The maximum absolute atomic E-state index is 12.2. The second-order valence-corrected chi connectivity index (χ2v) is 4.80. The number of aromatic nitrogens is 1. The van der Waals surface area contributed by atoms with Crippen molar-refractivity contribution in [1.82, 2.24) is 15.2 Å². The van der Waals surface area contributed by atoms with Crippen molar-refractivity contribution in [2.75, 3.05) is 20.1 Å². The fourth-order valence-corrected chi connectivity index (χ4v) is 2.27. The highest BCUT2D eigenvalue weighted by molar-refractivity contribution is 5.79. The number of carbonyl (C=O) groups excluding carboxylic acids is 1. The standard InChI is InChI=1S/C13H19N3O/c1-10-6-15-8-12(10)13(17)16(2)9-11-4-3-5-14-7-11/h3-5,7,10,12,15H,6,8-9H2,1-2H3/t10-,12-/m1/s1. The Kier molecular flexibility index (Phi) is 3.74. The van der Waals surface area contributed by atoms with Crippen molar-refractivity contribution in [1.29, 1.82) is 0 Å². The molecule has 2 rings (SSSR count). The molecule has 0 saturated carbocycles. The highest BCUT2D eigenvalue weighted by Gasteiger charge is 2.31. The van der Waals surface area contributed by atoms with E-state index in [2.05, 4.69) is 17.2 Å². The van der Waals surface area contributed by atoms with Gasteiger partial charge in [-0.05, 0) is 24.1 Å². The van der Waals surface area contributed by atoms with Crippen molar-refractivity contribution in [3.05, 3.63) is 30.1 Å². The molecule has 0 radical (unpaired) electrons. The molecule has 0 unspecified atom stereocenters. The zero-order valence-corrected chi connectivity index (χ0v) is 10.4. The van der Waals surface area contributed by atoms with Gasteiger partial charge in [0.1, 0.15) is 0 Å². The third-order valence-corrected chi connectivity index (χ3v) is 3.35. The van der Waals surface area contributed by atoms with Gasteiger partial charge in [0.2, 0.25) is 5.91 Å². The topological polar surface area (TPSA) is 45.2 Å². The lowest BCUT2D eigenvalue weighted by Crippen LogP contribution is -2.35. The van der Waals surface area contributed by atoms with E-state index in [4.69, 9.17) is 0 Å². The van der Waals surface area contributed by atoms with Crippen LogP contribution in [0.3, 0.4) is 0 Å². The molecular weight excluding hydrogens is 214 g/mol. The molecule has 4 nitrogen and oxygen atoms in total. The molecule has 1 aliphatic heterocycles. The molecule has 1 saturated heterocycles. The Morgan fingerprint density at radius 3 is 3.00 bits per heavy atom. The van der Waals surface area contributed by atoms with E-state index in [1.54, 1.807) is 17.3 Å². The summed E-state index contributed by atoms with van der Waals surface area (Å²) in [5, 5.41) is 3.26. The fourth-order valence-electron chi connectivity index (χ4n) is 2.27. The first-order chi connectivity index (χ1) is 8.18. The predicted octanol–water partition coefficient (Wildman–Crippen LogP) is 0.895. The highest BCUT2D eigenvalue weighted by Crippen LogP contribution is 2.18. The Labute approximate surface area is 102 Å². The maximum Gasteiger partial charge on any atom is 0.227 e. The quantitative estimate of drug-likeness (QED) is 0.843. The molecule has 17 heavy (non-hydrogen) atoms. The predicted molar refractivity (Wildman–Crippen MR) is 66.2 cm³/mol. The summed E-state index contributed by atoms with van der Waals surface area (Å²) in [5.41, 5.74) is 1.07. The normalized spacial score (nSPS) is 23.6. The molecule has 2 heterocycles. The SMILES string of the molecule is C[C@@H]1CNC[C@H]1C(=O)N(C)Cc1cccnc1. The molecule has 0 aliphatic carbocycles. The van der Waals surface area contributed by atoms with E-state index in [-0.39, 0.29) is 11.8 Å². The summed E-state index contributed by atoms with van der Waals surface area (Å²) in [6.45, 7) is 4.50. The van der Waals surface area contributed by atoms with Crippen LogP contribution in [-0.4, -0.2) is 35.9 Å². The minimum atomic E-state index is 0.122. The average Bonchev–Trinajstić information content (AvgIpc) is 2.76. The first kappa shape index (κ1) is 12.0. The van der Waals surface area contributed by atoms with Gasteiger partial charge in [-0.3, -0.25) is 9.78 Å². The van der Waals surface area contributed by atoms with Gasteiger partial charge in [0.05, 0.1) is 5.92 Å². The number of hydrogen-bond acceptors (Lipinski definition) is 3. The Hall–Kier alpha value is -1.42. The van der Waals surface area contributed by atoms with E-state index < -0.39 is 0 Å². The van der Waals surface area contributed by atoms with Gasteiger partial charge in [-0.15, -0.1) is 0 Å². The van der Waals surface area contributed by atoms with E-state index in [1.807, 2.05) is 19.2 Å². The van der Waals surface area contributed by atoms with Crippen molar-refractivity contribution in [2.24, 2.45) is 11.8 Å². The fraction of sp³-hybridized carbons (Fsp3) is 0.538. The number of pyridine rings is 1. The van der Waals surface area contributed by atoms with Gasteiger partial charge >= 0.3 is 0 Å². The minimum absolute atomic E-state index is 0.122. The number of rotatable bonds is 3. The van der Waals surface area contributed by atoms with Crippen molar-refractivity contribution >= 4 is 5.91 Å². The van der Waals surface area contributed by atoms with Gasteiger partial charge in [-0.2, -0.15) is 0 Å². The van der Waals surface area contributed by atoms with Crippen LogP contribution in [0.5, 0.6) is 0 Å². The van der Waals surface area contributed by atoms with Crippen molar-refractivity contribution in [2.45, 2.75) is 13.5 Å². The van der Waals surface area contributed by atoms with Crippen LogP contribution >= 0.6 is 0 Å². The number of hydrogen-bond donors (Lipinski definition) is 1. The zero-order chi connectivity index (χ0) is 12.3. The van der Waals surface area contributed by atoms with Crippen LogP contribution in [-0.2, 0) is 11.3 Å². The summed E-state index contributed by atoms with van der Waals surface area (Å²) in [4.78, 5) is 18.1. The molecule has 92 valence electrons. The highest BCUT2D eigenvalue weighted by atomic mass is 16.2. The lowest BCUT2D eigenvalue weighted by Gasteiger charge is -2.22. The Bertz CT molecular complexity index is 380. The number of nitrogens with zero attached hydrogens (tertiary/aromatic N) is 2. The van der Waals surface area contributed by atoms with Gasteiger partial charge in [0.15, 0.2) is 0 Å². The smallest absolute Gasteiger partial charge is 0.227 e. The van der Waals surface area contributed by atoms with Crippen molar-refractivity contribution in [3.8, 4) is 0 Å². The largest absolute Gasteiger partial charge is 0.341 e. The van der Waals surface area contributed by atoms with Crippen LogP contribution in [0.15, 0.2) is 24.5 Å². The second-order valence-electron chi connectivity index (χ2n) is 4.80. The van der Waals surface area contributed by atoms with Gasteiger partial charge in [-0.1, -0.05) is 13.0 Å². The molecule has 1 aromatic rings. The number of amides is 1. The van der Waals surface area contributed by atoms with Crippen LogP contribution in [0.1, 0.15) is 12.5 Å². The lowest BCUT2D eigenvalue weighted by atomic mass is 9.96. The Morgan fingerprint density at radius 1 is 1.59 bits per heavy atom. The van der Waals surface area contributed by atoms with Crippen LogP contribution in [0.4, 0.5) is 0 Å². The van der Waals surface area contributed by atoms with E-state index >= 15 is 0 Å². The third-order valence-electron chi connectivity index (χ3n) is 3.35. The molecular formula is C13H19N3O. The van der Waals surface area contributed by atoms with Crippen LogP contribution in [0, 0.1) is 11.8 Å². The molecule has 1 N–H and O–H groups in total. The molecule has 1 fully saturated rings. The van der Waals surface area contributed by atoms with Gasteiger partial charge in [0.25, 0.3) is 0 Å². The van der Waals surface area contributed by atoms with Gasteiger partial charge in [-0.25, -0.2) is 0 Å². The number of carbonyl (C=O) groups is 1. The molecule has 0 aromatic carbocycles. The Morgan fingerprint density at radius 2 is 2.41 bits per heavy atom.